The molecule has 0 radical (unpaired) electrons. The van der Waals surface area contributed by atoms with Crippen molar-refractivity contribution in [3.63, 3.8) is 0 Å². The number of hydrogen-bond acceptors (Lipinski definition) is 6. The van der Waals surface area contributed by atoms with E-state index in [4.69, 9.17) is 9.72 Å². The van der Waals surface area contributed by atoms with E-state index in [1.54, 1.807) is 0 Å². The minimum atomic E-state index is 0.853. The minimum absolute atomic E-state index is 0.853. The van der Waals surface area contributed by atoms with E-state index in [0.717, 1.165) is 77.2 Å². The number of para-hydroxylation sites is 2. The molecule has 2 aliphatic heterocycles. The number of nitrogens with zero attached hydrogens (tertiary/aromatic N) is 5. The van der Waals surface area contributed by atoms with Crippen molar-refractivity contribution in [3.05, 3.63) is 46.7 Å². The van der Waals surface area contributed by atoms with Crippen molar-refractivity contribution in [2.75, 3.05) is 57.5 Å². The maximum atomic E-state index is 5.49. The molecule has 1 saturated heterocycles. The summed E-state index contributed by atoms with van der Waals surface area (Å²) in [6, 6.07) is 12.9. The molecule has 2 aliphatic rings. The Morgan fingerprint density at radius 3 is 2.68 bits per heavy atom. The van der Waals surface area contributed by atoms with E-state index in [2.05, 4.69) is 61.0 Å². The zero-order valence-corrected chi connectivity index (χ0v) is 17.0. The lowest BCUT2D eigenvalue weighted by Gasteiger charge is -2.38. The van der Waals surface area contributed by atoms with Gasteiger partial charge in [-0.15, -0.1) is 11.3 Å². The van der Waals surface area contributed by atoms with Crippen molar-refractivity contribution in [2.24, 2.45) is 0 Å². The zero-order chi connectivity index (χ0) is 18.8. The lowest BCUT2D eigenvalue weighted by molar-refractivity contribution is 0.0385. The van der Waals surface area contributed by atoms with Gasteiger partial charge in [0.05, 0.1) is 37.6 Å². The van der Waals surface area contributed by atoms with Crippen molar-refractivity contribution in [3.8, 4) is 0 Å². The summed E-state index contributed by atoms with van der Waals surface area (Å²) >= 11 is 1.85. The lowest BCUT2D eigenvalue weighted by atomic mass is 10.3. The number of hydrogen-bond donors (Lipinski definition) is 0. The number of fused-ring (bicyclic) bond motifs is 3. The highest BCUT2D eigenvalue weighted by molar-refractivity contribution is 7.09. The van der Waals surface area contributed by atoms with E-state index in [1.807, 2.05) is 11.3 Å². The average molecular weight is 398 g/mol. The first-order valence-electron chi connectivity index (χ1n) is 10.1. The van der Waals surface area contributed by atoms with Crippen LogP contribution in [0.3, 0.4) is 0 Å². The van der Waals surface area contributed by atoms with E-state index in [-0.39, 0.29) is 0 Å². The predicted molar refractivity (Wildman–Crippen MR) is 114 cm³/mol. The van der Waals surface area contributed by atoms with Gasteiger partial charge in [-0.3, -0.25) is 14.4 Å². The molecular formula is C21H27N5OS. The van der Waals surface area contributed by atoms with Gasteiger partial charge in [0.15, 0.2) is 0 Å². The molecule has 148 valence electrons. The highest BCUT2D eigenvalue weighted by Crippen LogP contribution is 2.27. The first-order valence-corrected chi connectivity index (χ1v) is 11.0. The topological polar surface area (TPSA) is 36.8 Å². The van der Waals surface area contributed by atoms with Gasteiger partial charge in [0, 0.05) is 37.6 Å². The summed E-state index contributed by atoms with van der Waals surface area (Å²) in [7, 11) is 0. The summed E-state index contributed by atoms with van der Waals surface area (Å²) in [5.74, 6) is 1.11. The van der Waals surface area contributed by atoms with Gasteiger partial charge in [-0.25, -0.2) is 4.98 Å². The SMILES string of the molecule is c1csc(CCN2CN(CCN3CCOCC3)c3nc4ccccc4n3C2)c1. The molecule has 6 nitrogen and oxygen atoms in total. The minimum Gasteiger partial charge on any atom is -0.379 e. The molecule has 0 amide bonds. The smallest absolute Gasteiger partial charge is 0.208 e. The molecule has 1 aromatic carbocycles. The molecule has 1 fully saturated rings. The van der Waals surface area contributed by atoms with Crippen molar-refractivity contribution >= 4 is 28.3 Å². The number of aromatic nitrogens is 2. The monoisotopic (exact) mass is 397 g/mol. The standard InChI is InChI=1S/C21H27N5OS/c1-2-6-20-19(5-1)22-21-25(10-9-23-11-13-27-14-12-23)16-24(17-26(20)21)8-7-18-4-3-15-28-18/h1-6,15H,7-14,16-17H2. The lowest BCUT2D eigenvalue weighted by Crippen LogP contribution is -2.49. The first kappa shape index (κ1) is 18.1. The van der Waals surface area contributed by atoms with Crippen LogP contribution >= 0.6 is 11.3 Å². The van der Waals surface area contributed by atoms with Crippen LogP contribution in [0.25, 0.3) is 11.0 Å². The van der Waals surface area contributed by atoms with E-state index >= 15 is 0 Å². The number of morpholine rings is 1. The van der Waals surface area contributed by atoms with Gasteiger partial charge in [-0.05, 0) is 30.0 Å². The van der Waals surface area contributed by atoms with Gasteiger partial charge in [-0.1, -0.05) is 18.2 Å². The summed E-state index contributed by atoms with van der Waals surface area (Å²) in [6.07, 6.45) is 1.11. The number of ether oxygens (including phenoxy) is 1. The van der Waals surface area contributed by atoms with Gasteiger partial charge < -0.3 is 9.64 Å². The van der Waals surface area contributed by atoms with Crippen LogP contribution in [0.4, 0.5) is 5.95 Å². The Bertz CT molecular complexity index is 903. The molecule has 0 bridgehead atoms. The fourth-order valence-corrected chi connectivity index (χ4v) is 4.81. The molecule has 5 rings (SSSR count). The Hall–Kier alpha value is -1.93. The predicted octanol–water partition coefficient (Wildman–Crippen LogP) is 2.71. The fraction of sp³-hybridized carbons (Fsp3) is 0.476. The number of thiophene rings is 1. The Morgan fingerprint density at radius 1 is 0.929 bits per heavy atom. The van der Waals surface area contributed by atoms with Crippen LogP contribution in [0, 0.1) is 0 Å². The first-order chi connectivity index (χ1) is 13.9. The Kier molecular flexibility index (Phi) is 5.31. The molecule has 0 atom stereocenters. The van der Waals surface area contributed by atoms with Crippen molar-refractivity contribution < 1.29 is 4.74 Å². The molecule has 0 spiro atoms. The third-order valence-corrected chi connectivity index (χ3v) is 6.61. The molecule has 0 N–H and O–H groups in total. The van der Waals surface area contributed by atoms with Crippen molar-refractivity contribution in [1.29, 1.82) is 0 Å². The zero-order valence-electron chi connectivity index (χ0n) is 16.2. The van der Waals surface area contributed by atoms with Crippen LogP contribution in [-0.2, 0) is 17.8 Å². The summed E-state index contributed by atoms with van der Waals surface area (Å²) < 4.78 is 7.87. The van der Waals surface area contributed by atoms with Crippen LogP contribution in [-0.4, -0.2) is 72.0 Å². The van der Waals surface area contributed by atoms with Gasteiger partial charge in [0.25, 0.3) is 0 Å². The molecule has 2 aromatic heterocycles. The van der Waals surface area contributed by atoms with E-state index in [0.29, 0.717) is 0 Å². The maximum Gasteiger partial charge on any atom is 0.208 e. The summed E-state index contributed by atoms with van der Waals surface area (Å²) in [4.78, 5) is 13.9. The van der Waals surface area contributed by atoms with E-state index in [1.165, 1.54) is 10.4 Å². The Labute approximate surface area is 169 Å². The second-order valence-corrected chi connectivity index (χ2v) is 8.58. The van der Waals surface area contributed by atoms with Crippen LogP contribution in [0.5, 0.6) is 0 Å². The molecule has 4 heterocycles. The number of imidazole rings is 1. The van der Waals surface area contributed by atoms with Crippen LogP contribution in [0.2, 0.25) is 0 Å². The van der Waals surface area contributed by atoms with Gasteiger partial charge in [0.2, 0.25) is 5.95 Å². The Balaban J connectivity index is 1.35. The third-order valence-electron chi connectivity index (χ3n) is 5.67. The molecule has 0 aliphatic carbocycles. The normalized spacial score (nSPS) is 18.6. The maximum absolute atomic E-state index is 5.49. The molecular weight excluding hydrogens is 370 g/mol. The highest BCUT2D eigenvalue weighted by Gasteiger charge is 2.26. The number of benzene rings is 1. The average Bonchev–Trinajstić information content (AvgIpc) is 3.39. The van der Waals surface area contributed by atoms with Crippen LogP contribution < -0.4 is 4.90 Å². The van der Waals surface area contributed by atoms with E-state index in [9.17, 15) is 0 Å². The number of anilines is 1. The molecule has 28 heavy (non-hydrogen) atoms. The summed E-state index contributed by atoms with van der Waals surface area (Å²) in [5.41, 5.74) is 2.32. The van der Waals surface area contributed by atoms with Crippen LogP contribution in [0.1, 0.15) is 4.88 Å². The molecule has 0 unspecified atom stereocenters. The van der Waals surface area contributed by atoms with Gasteiger partial charge in [-0.2, -0.15) is 0 Å². The third kappa shape index (κ3) is 3.80. The fourth-order valence-electron chi connectivity index (χ4n) is 4.12. The quantitative estimate of drug-likeness (QED) is 0.639. The van der Waals surface area contributed by atoms with E-state index < -0.39 is 0 Å². The molecule has 7 heteroatoms. The largest absolute Gasteiger partial charge is 0.379 e. The van der Waals surface area contributed by atoms with Crippen LogP contribution in [0.15, 0.2) is 41.8 Å². The second kappa shape index (κ2) is 8.21. The Morgan fingerprint density at radius 2 is 1.82 bits per heavy atom. The van der Waals surface area contributed by atoms with Gasteiger partial charge >= 0.3 is 0 Å². The van der Waals surface area contributed by atoms with Crippen molar-refractivity contribution in [2.45, 2.75) is 13.1 Å². The number of rotatable bonds is 6. The molecule has 0 saturated carbocycles. The second-order valence-electron chi connectivity index (χ2n) is 7.55. The molecule has 3 aromatic rings. The summed E-state index contributed by atoms with van der Waals surface area (Å²) in [6.45, 7) is 8.76. The van der Waals surface area contributed by atoms with Gasteiger partial charge in [0.1, 0.15) is 0 Å². The van der Waals surface area contributed by atoms with Crippen molar-refractivity contribution in [1.82, 2.24) is 19.4 Å². The summed E-state index contributed by atoms with van der Waals surface area (Å²) in [5, 5.41) is 2.17. The highest BCUT2D eigenvalue weighted by atomic mass is 32.1.